The van der Waals surface area contributed by atoms with Crippen LogP contribution >= 0.6 is 0 Å². The lowest BCUT2D eigenvalue weighted by atomic mass is 10.1. The Labute approximate surface area is 82.4 Å². The van der Waals surface area contributed by atoms with E-state index in [2.05, 4.69) is 9.84 Å². The van der Waals surface area contributed by atoms with Crippen molar-refractivity contribution in [3.63, 3.8) is 0 Å². The van der Waals surface area contributed by atoms with E-state index in [-0.39, 0.29) is 0 Å². The van der Waals surface area contributed by atoms with Crippen molar-refractivity contribution < 1.29 is 22.7 Å². The van der Waals surface area contributed by atoms with Crippen LogP contribution in [-0.2, 0) is 15.7 Å². The summed E-state index contributed by atoms with van der Waals surface area (Å²) in [6.45, 7) is 0. The highest BCUT2D eigenvalue weighted by Crippen LogP contribution is 2.32. The second kappa shape index (κ2) is 3.89. The Balaban J connectivity index is 3.05. The number of rotatable bonds is 2. The van der Waals surface area contributed by atoms with Gasteiger partial charge < -0.3 is 10.5 Å². The van der Waals surface area contributed by atoms with Crippen molar-refractivity contribution >= 4 is 5.97 Å². The molecule has 0 aliphatic heterocycles. The van der Waals surface area contributed by atoms with Crippen LogP contribution in [0.4, 0.5) is 13.2 Å². The molecule has 1 aromatic heterocycles. The monoisotopic (exact) mass is 223 g/mol. The number of carbonyl (C=O) groups is 1. The molecule has 0 saturated carbocycles. The zero-order valence-corrected chi connectivity index (χ0v) is 7.63. The summed E-state index contributed by atoms with van der Waals surface area (Å²) in [6, 6.07) is -1.50. The van der Waals surface area contributed by atoms with E-state index in [1.807, 2.05) is 0 Å². The summed E-state index contributed by atoms with van der Waals surface area (Å²) in [7, 11) is 1.04. The number of hydrogen-bond donors (Lipinski definition) is 2. The molecule has 8 heteroatoms. The molecule has 0 amide bonds. The summed E-state index contributed by atoms with van der Waals surface area (Å²) in [6.07, 6.45) is -3.78. The van der Waals surface area contributed by atoms with Crippen molar-refractivity contribution in [2.24, 2.45) is 5.73 Å². The third-order valence-electron chi connectivity index (χ3n) is 1.74. The van der Waals surface area contributed by atoms with E-state index in [0.717, 1.165) is 13.3 Å². The number of ether oxygens (including phenoxy) is 1. The van der Waals surface area contributed by atoms with E-state index >= 15 is 0 Å². The molecule has 5 nitrogen and oxygen atoms in total. The van der Waals surface area contributed by atoms with Gasteiger partial charge in [0.05, 0.1) is 13.3 Å². The second-order valence-electron chi connectivity index (χ2n) is 2.70. The predicted molar refractivity (Wildman–Crippen MR) is 42.5 cm³/mol. The molecule has 84 valence electrons. The van der Waals surface area contributed by atoms with Gasteiger partial charge >= 0.3 is 12.1 Å². The molecule has 1 aromatic rings. The fraction of sp³-hybridized carbons (Fsp3) is 0.429. The van der Waals surface area contributed by atoms with E-state index in [1.54, 1.807) is 5.10 Å². The summed E-state index contributed by atoms with van der Waals surface area (Å²) in [5, 5.41) is 4.94. The molecule has 1 unspecified atom stereocenters. The van der Waals surface area contributed by atoms with Gasteiger partial charge in [-0.2, -0.15) is 18.3 Å². The van der Waals surface area contributed by atoms with Gasteiger partial charge in [-0.25, -0.2) is 0 Å². The number of alkyl halides is 3. The minimum atomic E-state index is -4.63. The Kier molecular flexibility index (Phi) is 2.98. The minimum absolute atomic E-state index is 0.436. The standard InChI is InChI=1S/C7H8F3N3O2/c1-15-6(14)4(11)3-2-12-13-5(3)7(8,9)10/h2,4H,11H2,1H3,(H,12,13). The number of carbonyl (C=O) groups excluding carboxylic acids is 1. The van der Waals surface area contributed by atoms with Crippen LogP contribution in [-0.4, -0.2) is 23.3 Å². The third-order valence-corrected chi connectivity index (χ3v) is 1.74. The molecule has 0 saturated heterocycles. The third kappa shape index (κ3) is 2.27. The number of aromatic amines is 1. The highest BCUT2D eigenvalue weighted by Gasteiger charge is 2.38. The largest absolute Gasteiger partial charge is 0.468 e. The van der Waals surface area contributed by atoms with Crippen LogP contribution in [0.1, 0.15) is 17.3 Å². The van der Waals surface area contributed by atoms with E-state index < -0.39 is 29.4 Å². The number of nitrogens with one attached hydrogen (secondary N) is 1. The number of esters is 1. The first kappa shape index (κ1) is 11.5. The van der Waals surface area contributed by atoms with Crippen molar-refractivity contribution in [1.29, 1.82) is 0 Å². The second-order valence-corrected chi connectivity index (χ2v) is 2.70. The minimum Gasteiger partial charge on any atom is -0.468 e. The smallest absolute Gasteiger partial charge is 0.433 e. The number of nitrogens with two attached hydrogens (primary N) is 1. The molecule has 1 atom stereocenters. The maximum atomic E-state index is 12.3. The maximum Gasteiger partial charge on any atom is 0.433 e. The number of halogens is 3. The van der Waals surface area contributed by atoms with Gasteiger partial charge in [0.25, 0.3) is 0 Å². The zero-order valence-electron chi connectivity index (χ0n) is 7.63. The molecule has 0 aromatic carbocycles. The molecule has 0 radical (unpaired) electrons. The van der Waals surface area contributed by atoms with E-state index in [1.165, 1.54) is 0 Å². The molecule has 1 heterocycles. The van der Waals surface area contributed by atoms with Crippen LogP contribution in [0.2, 0.25) is 0 Å². The topological polar surface area (TPSA) is 81.0 Å². The molecule has 0 fully saturated rings. The average Bonchev–Trinajstić information content (AvgIpc) is 2.63. The molecule has 1 rings (SSSR count). The first-order valence-electron chi connectivity index (χ1n) is 3.81. The molecular formula is C7H8F3N3O2. The van der Waals surface area contributed by atoms with Crippen LogP contribution in [0.25, 0.3) is 0 Å². The molecular weight excluding hydrogens is 215 g/mol. The summed E-state index contributed by atoms with van der Waals surface area (Å²) in [5.74, 6) is -0.957. The normalized spacial score (nSPS) is 13.7. The summed E-state index contributed by atoms with van der Waals surface area (Å²) < 4.78 is 41.2. The van der Waals surface area contributed by atoms with Gasteiger partial charge in [-0.15, -0.1) is 0 Å². The van der Waals surface area contributed by atoms with E-state index in [4.69, 9.17) is 5.73 Å². The lowest BCUT2D eigenvalue weighted by Crippen LogP contribution is -2.25. The molecule has 0 bridgehead atoms. The first-order valence-corrected chi connectivity index (χ1v) is 3.81. The number of aromatic nitrogens is 2. The van der Waals surface area contributed by atoms with Crippen molar-refractivity contribution in [2.45, 2.75) is 12.2 Å². The maximum absolute atomic E-state index is 12.3. The number of methoxy groups -OCH3 is 1. The Hall–Kier alpha value is -1.57. The van der Waals surface area contributed by atoms with Gasteiger partial charge in [0, 0.05) is 5.56 Å². The van der Waals surface area contributed by atoms with Crippen molar-refractivity contribution in [1.82, 2.24) is 10.2 Å². The lowest BCUT2D eigenvalue weighted by Gasteiger charge is -2.11. The van der Waals surface area contributed by atoms with Gasteiger partial charge in [-0.1, -0.05) is 0 Å². The van der Waals surface area contributed by atoms with Gasteiger partial charge in [-0.3, -0.25) is 9.89 Å². The predicted octanol–water partition coefficient (Wildman–Crippen LogP) is 0.601. The highest BCUT2D eigenvalue weighted by atomic mass is 19.4. The van der Waals surface area contributed by atoms with Crippen molar-refractivity contribution in [3.05, 3.63) is 17.5 Å². The Bertz CT molecular complexity index is 361. The van der Waals surface area contributed by atoms with E-state index in [9.17, 15) is 18.0 Å². The molecule has 0 aliphatic rings. The Morgan fingerprint density at radius 3 is 2.73 bits per heavy atom. The van der Waals surface area contributed by atoms with Crippen LogP contribution in [0.3, 0.4) is 0 Å². The first-order chi connectivity index (χ1) is 6.88. The van der Waals surface area contributed by atoms with E-state index in [0.29, 0.717) is 0 Å². The fourth-order valence-electron chi connectivity index (χ4n) is 1.01. The summed E-state index contributed by atoms with van der Waals surface area (Å²) >= 11 is 0. The van der Waals surface area contributed by atoms with Crippen LogP contribution < -0.4 is 5.73 Å². The quantitative estimate of drug-likeness (QED) is 0.719. The van der Waals surface area contributed by atoms with Gasteiger partial charge in [0.15, 0.2) is 0 Å². The molecule has 15 heavy (non-hydrogen) atoms. The molecule has 0 spiro atoms. The zero-order chi connectivity index (χ0) is 11.6. The molecule has 0 aliphatic carbocycles. The average molecular weight is 223 g/mol. The van der Waals surface area contributed by atoms with Crippen LogP contribution in [0, 0.1) is 0 Å². The SMILES string of the molecule is COC(=O)C(N)c1cn[nH]c1C(F)(F)F. The van der Waals surface area contributed by atoms with Gasteiger partial charge in [0.1, 0.15) is 11.7 Å². The summed E-state index contributed by atoms with van der Waals surface area (Å²) in [4.78, 5) is 10.9. The van der Waals surface area contributed by atoms with Crippen molar-refractivity contribution in [3.8, 4) is 0 Å². The summed E-state index contributed by atoms with van der Waals surface area (Å²) in [5.41, 5.74) is 3.68. The van der Waals surface area contributed by atoms with Crippen LogP contribution in [0.15, 0.2) is 6.20 Å². The number of hydrogen-bond acceptors (Lipinski definition) is 4. The Morgan fingerprint density at radius 2 is 2.27 bits per heavy atom. The van der Waals surface area contributed by atoms with Gasteiger partial charge in [0.2, 0.25) is 0 Å². The number of H-pyrrole nitrogens is 1. The van der Waals surface area contributed by atoms with Crippen molar-refractivity contribution in [2.75, 3.05) is 7.11 Å². The lowest BCUT2D eigenvalue weighted by molar-refractivity contribution is -0.145. The highest BCUT2D eigenvalue weighted by molar-refractivity contribution is 5.77. The van der Waals surface area contributed by atoms with Gasteiger partial charge in [-0.05, 0) is 0 Å². The van der Waals surface area contributed by atoms with Crippen LogP contribution in [0.5, 0.6) is 0 Å². The Morgan fingerprint density at radius 1 is 1.67 bits per heavy atom. The fourth-order valence-corrected chi connectivity index (χ4v) is 1.01. The molecule has 3 N–H and O–H groups in total. The number of nitrogens with zero attached hydrogens (tertiary/aromatic N) is 1.